The number of β-amino-alcohol motifs (C(OH)–C–C–N with tert-alkyl or cyclic N) is 1. The van der Waals surface area contributed by atoms with Gasteiger partial charge < -0.3 is 26.0 Å². The van der Waals surface area contributed by atoms with Crippen molar-refractivity contribution in [2.75, 3.05) is 16.8 Å². The molecule has 1 aliphatic heterocycles. The van der Waals surface area contributed by atoms with Crippen LogP contribution in [0.4, 0.5) is 17.3 Å². The zero-order valence-corrected chi connectivity index (χ0v) is 24.7. The van der Waals surface area contributed by atoms with Crippen LogP contribution in [0.2, 0.25) is 0 Å². The number of carbonyl (C=O) groups excluding carboxylic acids is 2. The van der Waals surface area contributed by atoms with E-state index in [4.69, 9.17) is 0 Å². The molecule has 0 spiro atoms. The van der Waals surface area contributed by atoms with Gasteiger partial charge in [-0.3, -0.25) is 9.59 Å². The summed E-state index contributed by atoms with van der Waals surface area (Å²) in [6.07, 6.45) is 0.856. The van der Waals surface area contributed by atoms with Crippen LogP contribution in [0.25, 0.3) is 11.1 Å². The summed E-state index contributed by atoms with van der Waals surface area (Å²) in [7, 11) is 0. The van der Waals surface area contributed by atoms with Gasteiger partial charge in [0.05, 0.1) is 12.6 Å². The van der Waals surface area contributed by atoms with Crippen LogP contribution in [0.1, 0.15) is 44.7 Å². The number of nitrogens with zero attached hydrogens (tertiary/aromatic N) is 4. The van der Waals surface area contributed by atoms with Crippen LogP contribution in [0.3, 0.4) is 0 Å². The lowest BCUT2D eigenvalue weighted by molar-refractivity contribution is -0.128. The number of aryl methyl sites for hydroxylation is 1. The summed E-state index contributed by atoms with van der Waals surface area (Å²) in [6.45, 7) is 6.27. The molecule has 4 aromatic rings. The zero-order valence-electron chi connectivity index (χ0n) is 24.7. The first-order valence-electron chi connectivity index (χ1n) is 14.5. The van der Waals surface area contributed by atoms with Gasteiger partial charge in [-0.1, -0.05) is 65.8 Å². The number of aromatic nitrogens is 4. The third-order valence-electron chi connectivity index (χ3n) is 7.49. The monoisotopic (exact) mass is 582 g/mol. The largest absolute Gasteiger partial charge is 0.392 e. The summed E-state index contributed by atoms with van der Waals surface area (Å²) in [5.74, 6) is 0.0419. The topological polar surface area (TPSA) is 148 Å². The summed E-state index contributed by atoms with van der Waals surface area (Å²) < 4.78 is 0. The van der Waals surface area contributed by atoms with Crippen molar-refractivity contribution in [3.05, 3.63) is 83.9 Å². The summed E-state index contributed by atoms with van der Waals surface area (Å²) >= 11 is 0. The van der Waals surface area contributed by atoms with Crippen LogP contribution in [-0.4, -0.2) is 61.8 Å². The van der Waals surface area contributed by atoms with E-state index >= 15 is 0 Å². The number of aromatic amines is 1. The third-order valence-corrected chi connectivity index (χ3v) is 7.49. The van der Waals surface area contributed by atoms with Gasteiger partial charge in [0, 0.05) is 35.4 Å². The van der Waals surface area contributed by atoms with Crippen molar-refractivity contribution in [1.29, 1.82) is 0 Å². The van der Waals surface area contributed by atoms with Crippen LogP contribution in [0, 0.1) is 0 Å². The molecule has 224 valence electrons. The molecule has 3 aromatic carbocycles. The Morgan fingerprint density at radius 1 is 1.09 bits per heavy atom. The smallest absolute Gasteiger partial charge is 0.267 e. The van der Waals surface area contributed by atoms with Crippen LogP contribution < -0.4 is 20.9 Å². The Morgan fingerprint density at radius 2 is 1.84 bits per heavy atom. The van der Waals surface area contributed by atoms with Crippen molar-refractivity contribution in [3.8, 4) is 11.1 Å². The summed E-state index contributed by atoms with van der Waals surface area (Å²) in [4.78, 5) is 28.8. The molecule has 1 aromatic heterocycles. The molecule has 2 amide bonds. The Balaban J connectivity index is 1.33. The number of amides is 2. The molecule has 2 atom stereocenters. The van der Waals surface area contributed by atoms with Crippen molar-refractivity contribution < 1.29 is 14.7 Å². The second kappa shape index (κ2) is 13.1. The van der Waals surface area contributed by atoms with E-state index in [9.17, 15) is 14.7 Å². The van der Waals surface area contributed by atoms with Gasteiger partial charge in [-0.25, -0.2) is 0 Å². The van der Waals surface area contributed by atoms with Crippen molar-refractivity contribution in [2.45, 2.75) is 64.3 Å². The second-order valence-electron chi connectivity index (χ2n) is 11.6. The minimum absolute atomic E-state index is 0.133. The highest BCUT2D eigenvalue weighted by molar-refractivity contribution is 6.00. The van der Waals surface area contributed by atoms with E-state index in [1.54, 1.807) is 11.8 Å². The number of anilines is 3. The molecule has 5 rings (SSSR count). The number of nitrogens with one attached hydrogen (secondary N) is 4. The molecule has 2 heterocycles. The maximum absolute atomic E-state index is 13.9. The molecular formula is C32H38N8O3. The van der Waals surface area contributed by atoms with Crippen LogP contribution in [0.5, 0.6) is 0 Å². The number of carbonyl (C=O) groups is 2. The SMILES string of the molecule is C[C@@H](O)CNC(C)(C)CC(=O)N[C@@H]1CCc2ccccc2N(Cc2ccc(-c3ccccc3Nc3nn[nH]n3)cc2)C1=O. The Hall–Kier alpha value is -4.61. The summed E-state index contributed by atoms with van der Waals surface area (Å²) in [6, 6.07) is 23.2. The number of benzene rings is 3. The maximum Gasteiger partial charge on any atom is 0.267 e. The van der Waals surface area contributed by atoms with E-state index < -0.39 is 17.7 Å². The van der Waals surface area contributed by atoms with E-state index in [1.807, 2.05) is 86.6 Å². The van der Waals surface area contributed by atoms with Gasteiger partial charge in [-0.2, -0.15) is 5.21 Å². The first kappa shape index (κ1) is 29.9. The molecule has 0 bridgehead atoms. The van der Waals surface area contributed by atoms with Crippen molar-refractivity contribution in [1.82, 2.24) is 31.3 Å². The molecule has 1 aliphatic rings. The van der Waals surface area contributed by atoms with Crippen molar-refractivity contribution in [3.63, 3.8) is 0 Å². The first-order valence-corrected chi connectivity index (χ1v) is 14.5. The Bertz CT molecular complexity index is 1540. The van der Waals surface area contributed by atoms with Crippen LogP contribution >= 0.6 is 0 Å². The van der Waals surface area contributed by atoms with Gasteiger partial charge in [0.2, 0.25) is 11.8 Å². The molecule has 0 radical (unpaired) electrons. The molecule has 0 fully saturated rings. The van der Waals surface area contributed by atoms with Gasteiger partial charge in [0.25, 0.3) is 5.95 Å². The van der Waals surface area contributed by atoms with Crippen molar-refractivity contribution >= 4 is 29.1 Å². The standard InChI is InChI=1S/C32H38N8O3/c1-21(41)19-33-32(2,3)18-29(42)34-27-17-16-24-8-4-7-11-28(24)40(30(27)43)20-22-12-14-23(15-13-22)25-9-5-6-10-26(25)35-31-36-38-39-37-31/h4-15,21,27,33,41H,16-20H2,1-3H3,(H,34,42)(H2,35,36,37,38,39)/t21-,27-/m1/s1. The fourth-order valence-corrected chi connectivity index (χ4v) is 5.30. The predicted molar refractivity (Wildman–Crippen MR) is 166 cm³/mol. The number of aliphatic hydroxyl groups is 1. The molecule has 11 heteroatoms. The van der Waals surface area contributed by atoms with E-state index in [-0.39, 0.29) is 18.2 Å². The zero-order chi connectivity index (χ0) is 30.4. The van der Waals surface area contributed by atoms with Gasteiger partial charge in [0.15, 0.2) is 0 Å². The summed E-state index contributed by atoms with van der Waals surface area (Å²) in [5.41, 5.74) is 5.19. The first-order chi connectivity index (χ1) is 20.7. The molecular weight excluding hydrogens is 544 g/mol. The molecule has 0 saturated heterocycles. The average Bonchev–Trinajstić information content (AvgIpc) is 3.46. The van der Waals surface area contributed by atoms with E-state index in [1.165, 1.54) is 0 Å². The number of tetrazole rings is 1. The normalized spacial score (nSPS) is 15.9. The quantitative estimate of drug-likeness (QED) is 0.180. The fraction of sp³-hybridized carbons (Fsp3) is 0.344. The second-order valence-corrected chi connectivity index (χ2v) is 11.6. The number of para-hydroxylation sites is 2. The molecule has 0 unspecified atom stereocenters. The number of hydrogen-bond acceptors (Lipinski definition) is 8. The minimum atomic E-state index is -0.644. The lowest BCUT2D eigenvalue weighted by Crippen LogP contribution is -2.51. The molecule has 43 heavy (non-hydrogen) atoms. The molecule has 0 aliphatic carbocycles. The Kier molecular flexibility index (Phi) is 9.13. The Morgan fingerprint density at radius 3 is 2.58 bits per heavy atom. The van der Waals surface area contributed by atoms with E-state index in [2.05, 4.69) is 36.6 Å². The third kappa shape index (κ3) is 7.62. The van der Waals surface area contributed by atoms with Gasteiger partial charge in [0.1, 0.15) is 6.04 Å². The van der Waals surface area contributed by atoms with Gasteiger partial charge in [-0.15, -0.1) is 5.10 Å². The molecule has 5 N–H and O–H groups in total. The summed E-state index contributed by atoms with van der Waals surface area (Å²) in [5, 5.41) is 33.0. The lowest BCUT2D eigenvalue weighted by Gasteiger charge is -2.29. The van der Waals surface area contributed by atoms with Crippen LogP contribution in [-0.2, 0) is 22.6 Å². The number of hydrogen-bond donors (Lipinski definition) is 5. The lowest BCUT2D eigenvalue weighted by atomic mass is 9.99. The maximum atomic E-state index is 13.9. The molecule has 11 nitrogen and oxygen atoms in total. The fourth-order valence-electron chi connectivity index (χ4n) is 5.30. The predicted octanol–water partition coefficient (Wildman–Crippen LogP) is 3.71. The number of H-pyrrole nitrogens is 1. The van der Waals surface area contributed by atoms with Gasteiger partial charge in [-0.05, 0) is 67.6 Å². The number of fused-ring (bicyclic) bond motifs is 1. The number of rotatable bonds is 11. The van der Waals surface area contributed by atoms with Crippen molar-refractivity contribution in [2.24, 2.45) is 0 Å². The number of aliphatic hydroxyl groups excluding tert-OH is 1. The van der Waals surface area contributed by atoms with Gasteiger partial charge >= 0.3 is 0 Å². The highest BCUT2D eigenvalue weighted by Gasteiger charge is 2.32. The highest BCUT2D eigenvalue weighted by atomic mass is 16.3. The average molecular weight is 583 g/mol. The van der Waals surface area contributed by atoms with Crippen LogP contribution in [0.15, 0.2) is 72.8 Å². The van der Waals surface area contributed by atoms with E-state index in [0.717, 1.165) is 33.6 Å². The Labute approximate surface area is 251 Å². The minimum Gasteiger partial charge on any atom is -0.392 e. The highest BCUT2D eigenvalue weighted by Crippen LogP contribution is 2.32. The molecule has 0 saturated carbocycles. The van der Waals surface area contributed by atoms with E-state index in [0.29, 0.717) is 31.9 Å².